The van der Waals surface area contributed by atoms with Crippen LogP contribution in [-0.2, 0) is 32.4 Å². The molecule has 1 aliphatic heterocycles. The first kappa shape index (κ1) is 11.8. The van der Waals surface area contributed by atoms with Crippen LogP contribution >= 0.6 is 0 Å². The number of rotatable bonds is 2. The van der Waals surface area contributed by atoms with Crippen molar-refractivity contribution in [1.29, 1.82) is 0 Å². The Hall–Kier alpha value is -1.98. The molecule has 0 unspecified atom stereocenters. The highest BCUT2D eigenvalue weighted by molar-refractivity contribution is 5.50. The Balaban J connectivity index is 1.67. The Morgan fingerprint density at radius 2 is 2.10 bits per heavy atom. The molecule has 3 heterocycles. The quantitative estimate of drug-likeness (QED) is 0.819. The van der Waals surface area contributed by atoms with Crippen molar-refractivity contribution < 1.29 is 0 Å². The third-order valence-corrected chi connectivity index (χ3v) is 4.30. The highest BCUT2D eigenvalue weighted by atomic mass is 15.3. The van der Waals surface area contributed by atoms with Gasteiger partial charge >= 0.3 is 0 Å². The lowest BCUT2D eigenvalue weighted by Crippen LogP contribution is -2.35. The third-order valence-electron chi connectivity index (χ3n) is 4.30. The van der Waals surface area contributed by atoms with Crippen LogP contribution in [0.15, 0.2) is 6.33 Å². The summed E-state index contributed by atoms with van der Waals surface area (Å²) in [7, 11) is 0. The Kier molecular flexibility index (Phi) is 2.68. The number of fused-ring (bicyclic) bond motifs is 2. The van der Waals surface area contributed by atoms with Gasteiger partial charge in [0, 0.05) is 30.8 Å². The van der Waals surface area contributed by atoms with E-state index in [-0.39, 0.29) is 0 Å². The van der Waals surface area contributed by atoms with Gasteiger partial charge in [-0.15, -0.1) is 10.2 Å². The molecule has 1 aliphatic carbocycles. The fraction of sp³-hybridized carbons (Fsp3) is 0.571. The molecule has 2 aromatic heterocycles. The predicted molar refractivity (Wildman–Crippen MR) is 74.5 cm³/mol. The second kappa shape index (κ2) is 4.54. The highest BCUT2D eigenvalue weighted by Gasteiger charge is 2.25. The molecule has 0 saturated heterocycles. The summed E-state index contributed by atoms with van der Waals surface area (Å²) in [5.41, 5.74) is 2.58. The van der Waals surface area contributed by atoms with Gasteiger partial charge in [0.2, 0.25) is 0 Å². The molecular formula is C14H18N6. The van der Waals surface area contributed by atoms with E-state index in [0.29, 0.717) is 0 Å². The standard InChI is InChI=1S/C14H18N6/c1-2-12-17-18-13-8-19(6-7-20(12)13)14-10-4-3-5-11(10)15-9-16-14/h9H,2-8H2,1H3. The van der Waals surface area contributed by atoms with Gasteiger partial charge in [-0.05, 0) is 19.3 Å². The van der Waals surface area contributed by atoms with E-state index in [0.717, 1.165) is 56.4 Å². The normalized spacial score (nSPS) is 17.1. The van der Waals surface area contributed by atoms with E-state index in [1.54, 1.807) is 6.33 Å². The van der Waals surface area contributed by atoms with Crippen LogP contribution in [0.3, 0.4) is 0 Å². The SMILES string of the molecule is CCc1nnc2n1CCN(c1ncnc3c1CCC3)C2. The first-order valence-electron chi connectivity index (χ1n) is 7.35. The zero-order valence-corrected chi connectivity index (χ0v) is 11.7. The maximum absolute atomic E-state index is 4.53. The summed E-state index contributed by atoms with van der Waals surface area (Å²) < 4.78 is 2.25. The smallest absolute Gasteiger partial charge is 0.152 e. The van der Waals surface area contributed by atoms with Gasteiger partial charge in [-0.25, -0.2) is 9.97 Å². The molecule has 0 spiro atoms. The summed E-state index contributed by atoms with van der Waals surface area (Å²) in [4.78, 5) is 11.3. The van der Waals surface area contributed by atoms with E-state index in [2.05, 4.69) is 36.6 Å². The van der Waals surface area contributed by atoms with Gasteiger partial charge in [0.15, 0.2) is 5.82 Å². The zero-order chi connectivity index (χ0) is 13.5. The summed E-state index contributed by atoms with van der Waals surface area (Å²) in [6, 6.07) is 0. The number of anilines is 1. The van der Waals surface area contributed by atoms with E-state index in [1.807, 2.05) is 0 Å². The molecule has 0 aromatic carbocycles. The average Bonchev–Trinajstić information content (AvgIpc) is 3.12. The Labute approximate surface area is 117 Å². The summed E-state index contributed by atoms with van der Waals surface area (Å²) >= 11 is 0. The first-order chi connectivity index (χ1) is 9.86. The van der Waals surface area contributed by atoms with Crippen molar-refractivity contribution in [1.82, 2.24) is 24.7 Å². The van der Waals surface area contributed by atoms with Crippen LogP contribution in [0, 0.1) is 0 Å². The van der Waals surface area contributed by atoms with Gasteiger partial charge in [0.05, 0.1) is 6.54 Å². The lowest BCUT2D eigenvalue weighted by molar-refractivity contribution is 0.540. The molecule has 0 bridgehead atoms. The molecular weight excluding hydrogens is 252 g/mol. The Morgan fingerprint density at radius 3 is 3.00 bits per heavy atom. The van der Waals surface area contributed by atoms with E-state index in [9.17, 15) is 0 Å². The summed E-state index contributed by atoms with van der Waals surface area (Å²) in [6.07, 6.45) is 6.04. The van der Waals surface area contributed by atoms with Crippen LogP contribution in [0.5, 0.6) is 0 Å². The average molecular weight is 270 g/mol. The summed E-state index contributed by atoms with van der Waals surface area (Å²) in [5.74, 6) is 3.26. The molecule has 6 heteroatoms. The summed E-state index contributed by atoms with van der Waals surface area (Å²) in [5, 5.41) is 8.60. The van der Waals surface area contributed by atoms with Crippen LogP contribution in [0.1, 0.15) is 36.3 Å². The lowest BCUT2D eigenvalue weighted by atomic mass is 10.2. The number of aromatic nitrogens is 5. The van der Waals surface area contributed by atoms with Crippen molar-refractivity contribution in [3.8, 4) is 0 Å². The molecule has 4 rings (SSSR count). The van der Waals surface area contributed by atoms with E-state index >= 15 is 0 Å². The zero-order valence-electron chi connectivity index (χ0n) is 11.7. The fourth-order valence-electron chi connectivity index (χ4n) is 3.28. The molecule has 0 saturated carbocycles. The van der Waals surface area contributed by atoms with Crippen molar-refractivity contribution in [2.45, 2.75) is 45.7 Å². The lowest BCUT2D eigenvalue weighted by Gasteiger charge is -2.29. The largest absolute Gasteiger partial charge is 0.347 e. The van der Waals surface area contributed by atoms with Crippen LogP contribution in [0.2, 0.25) is 0 Å². The minimum atomic E-state index is 0.802. The van der Waals surface area contributed by atoms with Gasteiger partial charge in [-0.3, -0.25) is 0 Å². The molecule has 0 fully saturated rings. The third kappa shape index (κ3) is 1.71. The van der Waals surface area contributed by atoms with Crippen molar-refractivity contribution in [2.24, 2.45) is 0 Å². The molecule has 6 nitrogen and oxygen atoms in total. The van der Waals surface area contributed by atoms with Crippen LogP contribution < -0.4 is 4.90 Å². The predicted octanol–water partition coefficient (Wildman–Crippen LogP) is 1.14. The highest BCUT2D eigenvalue weighted by Crippen LogP contribution is 2.29. The number of hydrogen-bond donors (Lipinski definition) is 0. The van der Waals surface area contributed by atoms with Crippen LogP contribution in [-0.4, -0.2) is 31.3 Å². The van der Waals surface area contributed by atoms with Crippen LogP contribution in [0.25, 0.3) is 0 Å². The Bertz CT molecular complexity index is 647. The van der Waals surface area contributed by atoms with Crippen molar-refractivity contribution in [2.75, 3.05) is 11.4 Å². The maximum atomic E-state index is 4.53. The minimum absolute atomic E-state index is 0.802. The monoisotopic (exact) mass is 270 g/mol. The van der Waals surface area contributed by atoms with E-state index < -0.39 is 0 Å². The molecule has 0 atom stereocenters. The molecule has 2 aromatic rings. The van der Waals surface area contributed by atoms with Gasteiger partial charge in [0.1, 0.15) is 18.0 Å². The topological polar surface area (TPSA) is 59.7 Å². The van der Waals surface area contributed by atoms with Gasteiger partial charge in [0.25, 0.3) is 0 Å². The van der Waals surface area contributed by atoms with Crippen molar-refractivity contribution >= 4 is 5.82 Å². The van der Waals surface area contributed by atoms with E-state index in [1.165, 1.54) is 17.7 Å². The molecule has 20 heavy (non-hydrogen) atoms. The minimum Gasteiger partial charge on any atom is -0.347 e. The van der Waals surface area contributed by atoms with Crippen molar-refractivity contribution in [3.05, 3.63) is 29.2 Å². The number of hydrogen-bond acceptors (Lipinski definition) is 5. The van der Waals surface area contributed by atoms with Crippen LogP contribution in [0.4, 0.5) is 5.82 Å². The Morgan fingerprint density at radius 1 is 1.15 bits per heavy atom. The number of aryl methyl sites for hydroxylation is 2. The molecule has 0 N–H and O–H groups in total. The van der Waals surface area contributed by atoms with Gasteiger partial charge in [-0.2, -0.15) is 0 Å². The van der Waals surface area contributed by atoms with Gasteiger partial charge in [-0.1, -0.05) is 6.92 Å². The maximum Gasteiger partial charge on any atom is 0.152 e. The molecule has 0 radical (unpaired) electrons. The second-order valence-electron chi connectivity index (χ2n) is 5.44. The van der Waals surface area contributed by atoms with Crippen molar-refractivity contribution in [3.63, 3.8) is 0 Å². The first-order valence-corrected chi connectivity index (χ1v) is 7.35. The molecule has 104 valence electrons. The number of nitrogens with zero attached hydrogens (tertiary/aromatic N) is 6. The fourth-order valence-corrected chi connectivity index (χ4v) is 3.28. The summed E-state index contributed by atoms with van der Waals surface area (Å²) in [6.45, 7) is 4.85. The molecule has 2 aliphatic rings. The second-order valence-corrected chi connectivity index (χ2v) is 5.44. The van der Waals surface area contributed by atoms with Gasteiger partial charge < -0.3 is 9.47 Å². The molecule has 0 amide bonds. The van der Waals surface area contributed by atoms with E-state index in [4.69, 9.17) is 0 Å².